The Labute approximate surface area is 180 Å². The molecule has 1 fully saturated rings. The molecule has 2 N–H and O–H groups in total. The lowest BCUT2D eigenvalue weighted by Gasteiger charge is -2.47. The number of urea groups is 1. The van der Waals surface area contributed by atoms with Crippen LogP contribution in [-0.4, -0.2) is 43.7 Å². The Hall–Kier alpha value is -2.48. The number of halogens is 3. The van der Waals surface area contributed by atoms with Gasteiger partial charge in [-0.2, -0.15) is 13.2 Å². The lowest BCUT2D eigenvalue weighted by molar-refractivity contribution is -0.138. The fourth-order valence-electron chi connectivity index (χ4n) is 4.77. The number of amides is 2. The Morgan fingerprint density at radius 1 is 1.26 bits per heavy atom. The van der Waals surface area contributed by atoms with Gasteiger partial charge in [-0.3, -0.25) is 0 Å². The molecule has 1 saturated heterocycles. The molecule has 1 aliphatic carbocycles. The second-order valence-electron chi connectivity index (χ2n) is 8.68. The Balaban J connectivity index is 1.61. The van der Waals surface area contributed by atoms with Crippen molar-refractivity contribution in [2.75, 3.05) is 26.0 Å². The topological polar surface area (TPSA) is 53.6 Å². The summed E-state index contributed by atoms with van der Waals surface area (Å²) in [4.78, 5) is 13.3. The van der Waals surface area contributed by atoms with Crippen molar-refractivity contribution in [2.45, 2.75) is 43.7 Å². The molecule has 0 aromatic heterocycles. The highest BCUT2D eigenvalue weighted by atomic mass is 19.4. The highest BCUT2D eigenvalue weighted by molar-refractivity contribution is 5.73. The minimum atomic E-state index is -4.41. The van der Waals surface area contributed by atoms with Crippen LogP contribution in [0.2, 0.25) is 0 Å². The van der Waals surface area contributed by atoms with E-state index in [1.165, 1.54) is 17.0 Å². The molecule has 0 spiro atoms. The SMILES string of the molecule is CN(C)C(=O)NC[C@H]1CC[C@@H]2[C@H](O1)c1cc(C(F)(F)F)ccc1N[C@H]2C1C=CC=CC1. The van der Waals surface area contributed by atoms with E-state index in [-0.39, 0.29) is 30.0 Å². The first-order valence-corrected chi connectivity index (χ1v) is 10.7. The van der Waals surface area contributed by atoms with E-state index in [0.717, 1.165) is 25.3 Å². The number of ether oxygens (including phenoxy) is 1. The van der Waals surface area contributed by atoms with Gasteiger partial charge in [-0.1, -0.05) is 24.3 Å². The maximum atomic E-state index is 13.4. The summed E-state index contributed by atoms with van der Waals surface area (Å²) < 4.78 is 46.5. The monoisotopic (exact) mass is 435 g/mol. The van der Waals surface area contributed by atoms with Crippen molar-refractivity contribution in [1.29, 1.82) is 0 Å². The van der Waals surface area contributed by atoms with Gasteiger partial charge < -0.3 is 20.3 Å². The van der Waals surface area contributed by atoms with Crippen LogP contribution >= 0.6 is 0 Å². The van der Waals surface area contributed by atoms with Crippen molar-refractivity contribution in [1.82, 2.24) is 10.2 Å². The number of rotatable bonds is 3. The number of alkyl halides is 3. The van der Waals surface area contributed by atoms with Crippen molar-refractivity contribution in [3.8, 4) is 0 Å². The Morgan fingerprint density at radius 3 is 2.74 bits per heavy atom. The van der Waals surface area contributed by atoms with Crippen molar-refractivity contribution in [3.05, 3.63) is 53.6 Å². The molecule has 1 aromatic rings. The van der Waals surface area contributed by atoms with Gasteiger partial charge in [-0.05, 0) is 37.5 Å². The molecule has 5 atom stereocenters. The Bertz CT molecular complexity index is 881. The minimum Gasteiger partial charge on any atom is -0.381 e. The molecule has 0 bridgehead atoms. The number of allylic oxidation sites excluding steroid dienone is 3. The van der Waals surface area contributed by atoms with Gasteiger partial charge in [0.15, 0.2) is 0 Å². The normalized spacial score (nSPS) is 29.5. The summed E-state index contributed by atoms with van der Waals surface area (Å²) in [5, 5.41) is 6.34. The number of hydrogen-bond acceptors (Lipinski definition) is 3. The lowest BCUT2D eigenvalue weighted by Crippen LogP contribution is -2.49. The molecular weight excluding hydrogens is 407 g/mol. The van der Waals surface area contributed by atoms with E-state index in [2.05, 4.69) is 22.8 Å². The third-order valence-corrected chi connectivity index (χ3v) is 6.38. The number of fused-ring (bicyclic) bond motifs is 3. The molecule has 2 aliphatic heterocycles. The van der Waals surface area contributed by atoms with Gasteiger partial charge >= 0.3 is 12.2 Å². The number of carbonyl (C=O) groups is 1. The summed E-state index contributed by atoms with van der Waals surface area (Å²) in [6.07, 6.45) is 5.66. The minimum absolute atomic E-state index is 0.0536. The van der Waals surface area contributed by atoms with E-state index in [9.17, 15) is 18.0 Å². The first-order chi connectivity index (χ1) is 14.7. The molecule has 31 heavy (non-hydrogen) atoms. The zero-order valence-corrected chi connectivity index (χ0v) is 17.7. The summed E-state index contributed by atoms with van der Waals surface area (Å²) in [5.74, 6) is 0.305. The Morgan fingerprint density at radius 2 is 2.06 bits per heavy atom. The summed E-state index contributed by atoms with van der Waals surface area (Å²) in [6, 6.07) is 3.72. The van der Waals surface area contributed by atoms with Gasteiger partial charge in [0.25, 0.3) is 0 Å². The van der Waals surface area contributed by atoms with Crippen LogP contribution in [0.5, 0.6) is 0 Å². The number of nitrogens with zero attached hydrogens (tertiary/aromatic N) is 1. The first-order valence-electron chi connectivity index (χ1n) is 10.7. The zero-order chi connectivity index (χ0) is 22.2. The molecule has 3 aliphatic rings. The molecule has 2 heterocycles. The van der Waals surface area contributed by atoms with Crippen molar-refractivity contribution in [2.24, 2.45) is 11.8 Å². The van der Waals surface area contributed by atoms with Crippen molar-refractivity contribution >= 4 is 11.7 Å². The standard InChI is InChI=1S/C23H28F3N3O2/c1-29(2)22(30)27-13-16-9-10-17-20(14-6-4-3-5-7-14)28-19-11-8-15(23(24,25)26)12-18(19)21(17)31-16/h3-6,8,11-12,14,16-17,20-21,28H,7,9-10,13H2,1-2H3,(H,27,30)/t14?,16-,17+,20+,21+/m1/s1. The quantitative estimate of drug-likeness (QED) is 0.721. The van der Waals surface area contributed by atoms with Crippen LogP contribution in [-0.2, 0) is 10.9 Å². The van der Waals surface area contributed by atoms with Gasteiger partial charge in [-0.15, -0.1) is 0 Å². The van der Waals surface area contributed by atoms with E-state index in [1.54, 1.807) is 14.1 Å². The maximum Gasteiger partial charge on any atom is 0.416 e. The third-order valence-electron chi connectivity index (χ3n) is 6.38. The summed E-state index contributed by atoms with van der Waals surface area (Å²) in [7, 11) is 3.32. The smallest absolute Gasteiger partial charge is 0.381 e. The second kappa shape index (κ2) is 8.57. The molecule has 5 nitrogen and oxygen atoms in total. The molecule has 4 rings (SSSR count). The van der Waals surface area contributed by atoms with Crippen LogP contribution in [0.4, 0.5) is 23.7 Å². The highest BCUT2D eigenvalue weighted by Crippen LogP contribution is 2.49. The second-order valence-corrected chi connectivity index (χ2v) is 8.68. The molecule has 0 radical (unpaired) electrons. The van der Waals surface area contributed by atoms with E-state index >= 15 is 0 Å². The van der Waals surface area contributed by atoms with E-state index in [0.29, 0.717) is 17.8 Å². The van der Waals surface area contributed by atoms with Gasteiger partial charge in [0.05, 0.1) is 17.8 Å². The maximum absolute atomic E-state index is 13.4. The Kier molecular flexibility index (Phi) is 6.01. The van der Waals surface area contributed by atoms with Crippen LogP contribution < -0.4 is 10.6 Å². The zero-order valence-electron chi connectivity index (χ0n) is 17.7. The summed E-state index contributed by atoms with van der Waals surface area (Å²) >= 11 is 0. The predicted molar refractivity (Wildman–Crippen MR) is 113 cm³/mol. The molecule has 1 aromatic carbocycles. The predicted octanol–water partition coefficient (Wildman–Crippen LogP) is 4.74. The van der Waals surface area contributed by atoms with Crippen molar-refractivity contribution < 1.29 is 22.7 Å². The fraction of sp³-hybridized carbons (Fsp3) is 0.522. The van der Waals surface area contributed by atoms with Crippen LogP contribution in [0.3, 0.4) is 0 Å². The number of carbonyl (C=O) groups excluding carboxylic acids is 1. The molecule has 0 saturated carbocycles. The summed E-state index contributed by atoms with van der Waals surface area (Å²) in [6.45, 7) is 0.332. The molecule has 8 heteroatoms. The molecule has 2 amide bonds. The fourth-order valence-corrected chi connectivity index (χ4v) is 4.77. The number of anilines is 1. The van der Waals surface area contributed by atoms with Gasteiger partial charge in [-0.25, -0.2) is 4.79 Å². The number of nitrogens with one attached hydrogen (secondary N) is 2. The molecular formula is C23H28F3N3O2. The van der Waals surface area contributed by atoms with Crippen LogP contribution in [0.1, 0.15) is 36.5 Å². The van der Waals surface area contributed by atoms with Gasteiger partial charge in [0.2, 0.25) is 0 Å². The average molecular weight is 435 g/mol. The van der Waals surface area contributed by atoms with E-state index in [1.807, 2.05) is 12.2 Å². The van der Waals surface area contributed by atoms with Crippen LogP contribution in [0, 0.1) is 11.8 Å². The van der Waals surface area contributed by atoms with E-state index in [4.69, 9.17) is 4.74 Å². The van der Waals surface area contributed by atoms with Gasteiger partial charge in [0.1, 0.15) is 0 Å². The summed E-state index contributed by atoms with van der Waals surface area (Å²) in [5.41, 5.74) is 0.576. The van der Waals surface area contributed by atoms with Crippen molar-refractivity contribution in [3.63, 3.8) is 0 Å². The highest BCUT2D eigenvalue weighted by Gasteiger charge is 2.45. The first kappa shape index (κ1) is 21.7. The third kappa shape index (κ3) is 4.59. The van der Waals surface area contributed by atoms with E-state index < -0.39 is 17.8 Å². The molecule has 1 unspecified atom stereocenters. The van der Waals surface area contributed by atoms with Crippen LogP contribution in [0.25, 0.3) is 0 Å². The largest absolute Gasteiger partial charge is 0.416 e. The lowest BCUT2D eigenvalue weighted by atomic mass is 9.73. The average Bonchev–Trinajstić information content (AvgIpc) is 2.76. The molecule has 168 valence electrons. The number of hydrogen-bond donors (Lipinski definition) is 2. The van der Waals surface area contributed by atoms with Crippen LogP contribution in [0.15, 0.2) is 42.5 Å². The number of benzene rings is 1. The van der Waals surface area contributed by atoms with Gasteiger partial charge in [0, 0.05) is 49.8 Å².